The van der Waals surface area contributed by atoms with Gasteiger partial charge in [0.25, 0.3) is 0 Å². The van der Waals surface area contributed by atoms with Gasteiger partial charge >= 0.3 is 12.6 Å². The molecule has 4 nitrogen and oxygen atoms in total. The number of benzene rings is 1. The summed E-state index contributed by atoms with van der Waals surface area (Å²) in [4.78, 5) is 11.2. The minimum Gasteiger partial charge on any atom is -0.481 e. The largest absolute Gasteiger partial charge is 0.481 e. The third-order valence-corrected chi connectivity index (χ3v) is 2.92. The molecule has 0 spiro atoms. The van der Waals surface area contributed by atoms with Crippen LogP contribution in [-0.4, -0.2) is 24.2 Å². The average molecular weight is 243 g/mol. The molecule has 2 rings (SSSR count). The number of fused-ring (bicyclic) bond motifs is 1. The standard InChI is InChI=1S/C11H11F2NO3/c1-11(9(15)16)5-14-8-4-6(17-10(12)13)2-3-7(8)11/h2-4,10,14H,5H2,1H3,(H,15,16). The second kappa shape index (κ2) is 3.87. The molecule has 1 heterocycles. The molecule has 1 aliphatic heterocycles. The first-order valence-corrected chi connectivity index (χ1v) is 5.00. The summed E-state index contributed by atoms with van der Waals surface area (Å²) >= 11 is 0. The van der Waals surface area contributed by atoms with E-state index in [1.807, 2.05) is 0 Å². The van der Waals surface area contributed by atoms with Crippen LogP contribution in [-0.2, 0) is 10.2 Å². The van der Waals surface area contributed by atoms with E-state index >= 15 is 0 Å². The van der Waals surface area contributed by atoms with Gasteiger partial charge in [-0.15, -0.1) is 0 Å². The number of anilines is 1. The van der Waals surface area contributed by atoms with Crippen LogP contribution in [0.1, 0.15) is 12.5 Å². The molecule has 0 bridgehead atoms. The fraction of sp³-hybridized carbons (Fsp3) is 0.364. The van der Waals surface area contributed by atoms with Gasteiger partial charge in [0.1, 0.15) is 11.2 Å². The van der Waals surface area contributed by atoms with Crippen molar-refractivity contribution in [3.63, 3.8) is 0 Å². The first kappa shape index (κ1) is 11.6. The molecule has 0 saturated heterocycles. The molecule has 0 saturated carbocycles. The Balaban J connectivity index is 2.35. The number of nitrogens with one attached hydrogen (secondary N) is 1. The van der Waals surface area contributed by atoms with Gasteiger partial charge in [-0.3, -0.25) is 4.79 Å². The Kier molecular flexibility index (Phi) is 2.65. The molecule has 1 unspecified atom stereocenters. The number of carboxylic acids is 1. The van der Waals surface area contributed by atoms with Gasteiger partial charge in [0.2, 0.25) is 0 Å². The van der Waals surface area contributed by atoms with E-state index in [0.29, 0.717) is 11.3 Å². The molecule has 0 fully saturated rings. The summed E-state index contributed by atoms with van der Waals surface area (Å²) < 4.78 is 28.3. The highest BCUT2D eigenvalue weighted by Gasteiger charge is 2.41. The van der Waals surface area contributed by atoms with Crippen molar-refractivity contribution in [1.29, 1.82) is 0 Å². The minimum atomic E-state index is -2.89. The quantitative estimate of drug-likeness (QED) is 0.853. The summed E-state index contributed by atoms with van der Waals surface area (Å²) in [5, 5.41) is 12.0. The van der Waals surface area contributed by atoms with Crippen LogP contribution in [0.2, 0.25) is 0 Å². The summed E-state index contributed by atoms with van der Waals surface area (Å²) in [5.41, 5.74) is 0.0678. The minimum absolute atomic E-state index is 0.0147. The molecule has 17 heavy (non-hydrogen) atoms. The third-order valence-electron chi connectivity index (χ3n) is 2.92. The summed E-state index contributed by atoms with van der Waals surface area (Å²) in [6.07, 6.45) is 0. The molecule has 1 aliphatic rings. The molecule has 0 amide bonds. The molecule has 0 aromatic heterocycles. The lowest BCUT2D eigenvalue weighted by atomic mass is 9.85. The molecule has 2 N–H and O–H groups in total. The molecular formula is C11H11F2NO3. The maximum atomic E-state index is 12.0. The zero-order valence-corrected chi connectivity index (χ0v) is 9.04. The van der Waals surface area contributed by atoms with Crippen LogP contribution >= 0.6 is 0 Å². The highest BCUT2D eigenvalue weighted by atomic mass is 19.3. The van der Waals surface area contributed by atoms with Gasteiger partial charge in [-0.25, -0.2) is 0 Å². The number of hydrogen-bond donors (Lipinski definition) is 2. The summed E-state index contributed by atoms with van der Waals surface area (Å²) in [6.45, 7) is -1.07. The zero-order valence-electron chi connectivity index (χ0n) is 9.04. The molecule has 1 aromatic rings. The van der Waals surface area contributed by atoms with Gasteiger partial charge in [-0.1, -0.05) is 6.07 Å². The lowest BCUT2D eigenvalue weighted by Gasteiger charge is -2.17. The Hall–Kier alpha value is -1.85. The van der Waals surface area contributed by atoms with Crippen molar-refractivity contribution in [2.45, 2.75) is 19.0 Å². The van der Waals surface area contributed by atoms with Crippen molar-refractivity contribution in [3.8, 4) is 5.75 Å². The van der Waals surface area contributed by atoms with Crippen molar-refractivity contribution < 1.29 is 23.4 Å². The third kappa shape index (κ3) is 1.90. The van der Waals surface area contributed by atoms with Gasteiger partial charge in [0, 0.05) is 18.3 Å². The number of alkyl halides is 2. The first-order valence-electron chi connectivity index (χ1n) is 5.00. The van der Waals surface area contributed by atoms with Crippen molar-refractivity contribution in [2.24, 2.45) is 0 Å². The van der Waals surface area contributed by atoms with E-state index < -0.39 is 18.0 Å². The number of carboxylic acid groups (broad SMARTS) is 1. The zero-order chi connectivity index (χ0) is 12.6. The Morgan fingerprint density at radius 2 is 2.29 bits per heavy atom. The van der Waals surface area contributed by atoms with Gasteiger partial charge in [0.15, 0.2) is 0 Å². The smallest absolute Gasteiger partial charge is 0.387 e. The monoisotopic (exact) mass is 243 g/mol. The van der Waals surface area contributed by atoms with Crippen molar-refractivity contribution in [1.82, 2.24) is 0 Å². The molecular weight excluding hydrogens is 232 g/mol. The Labute approximate surface area is 96.2 Å². The van der Waals surface area contributed by atoms with E-state index in [-0.39, 0.29) is 12.3 Å². The van der Waals surface area contributed by atoms with Gasteiger partial charge in [-0.05, 0) is 18.6 Å². The topological polar surface area (TPSA) is 58.6 Å². The number of carbonyl (C=O) groups is 1. The van der Waals surface area contributed by atoms with Crippen LogP contribution in [0.5, 0.6) is 5.75 Å². The van der Waals surface area contributed by atoms with Crippen LogP contribution < -0.4 is 10.1 Å². The van der Waals surface area contributed by atoms with Gasteiger partial charge in [0.05, 0.1) is 0 Å². The van der Waals surface area contributed by atoms with Crippen LogP contribution in [0.3, 0.4) is 0 Å². The van der Waals surface area contributed by atoms with Crippen LogP contribution in [0.25, 0.3) is 0 Å². The number of halogens is 2. The Morgan fingerprint density at radius 3 is 2.88 bits per heavy atom. The lowest BCUT2D eigenvalue weighted by molar-refractivity contribution is -0.142. The number of hydrogen-bond acceptors (Lipinski definition) is 3. The molecule has 92 valence electrons. The van der Waals surface area contributed by atoms with E-state index in [9.17, 15) is 13.6 Å². The first-order chi connectivity index (χ1) is 7.93. The van der Waals surface area contributed by atoms with Crippen LogP contribution in [0.4, 0.5) is 14.5 Å². The second-order valence-corrected chi connectivity index (χ2v) is 4.08. The average Bonchev–Trinajstić information content (AvgIpc) is 2.57. The van der Waals surface area contributed by atoms with Gasteiger partial charge < -0.3 is 15.2 Å². The normalized spacial score (nSPS) is 22.1. The van der Waals surface area contributed by atoms with Crippen molar-refractivity contribution in [3.05, 3.63) is 23.8 Å². The number of ether oxygens (including phenoxy) is 1. The van der Waals surface area contributed by atoms with E-state index in [1.54, 1.807) is 6.92 Å². The maximum Gasteiger partial charge on any atom is 0.387 e. The highest BCUT2D eigenvalue weighted by Crippen LogP contribution is 2.38. The van der Waals surface area contributed by atoms with E-state index in [2.05, 4.69) is 10.1 Å². The van der Waals surface area contributed by atoms with Crippen LogP contribution in [0, 0.1) is 0 Å². The summed E-state index contributed by atoms with van der Waals surface area (Å²) in [6, 6.07) is 4.23. The summed E-state index contributed by atoms with van der Waals surface area (Å²) in [7, 11) is 0. The number of aliphatic carboxylic acids is 1. The molecule has 1 atom stereocenters. The molecule has 0 aliphatic carbocycles. The van der Waals surface area contributed by atoms with E-state index in [0.717, 1.165) is 0 Å². The highest BCUT2D eigenvalue weighted by molar-refractivity contribution is 5.87. The molecule has 0 radical (unpaired) electrons. The van der Waals surface area contributed by atoms with Gasteiger partial charge in [-0.2, -0.15) is 8.78 Å². The van der Waals surface area contributed by atoms with Crippen molar-refractivity contribution >= 4 is 11.7 Å². The van der Waals surface area contributed by atoms with E-state index in [1.165, 1.54) is 18.2 Å². The Bertz CT molecular complexity index is 464. The second-order valence-electron chi connectivity index (χ2n) is 4.08. The fourth-order valence-electron chi connectivity index (χ4n) is 1.88. The van der Waals surface area contributed by atoms with E-state index in [4.69, 9.17) is 5.11 Å². The maximum absolute atomic E-state index is 12.0. The SMILES string of the molecule is CC1(C(=O)O)CNc2cc(OC(F)F)ccc21. The lowest BCUT2D eigenvalue weighted by Crippen LogP contribution is -2.34. The van der Waals surface area contributed by atoms with Crippen molar-refractivity contribution in [2.75, 3.05) is 11.9 Å². The predicted molar refractivity (Wildman–Crippen MR) is 56.6 cm³/mol. The predicted octanol–water partition coefficient (Wildman–Crippen LogP) is 2.06. The summed E-state index contributed by atoms with van der Waals surface area (Å²) in [5.74, 6) is -0.938. The fourth-order valence-corrected chi connectivity index (χ4v) is 1.88. The Morgan fingerprint density at radius 1 is 1.59 bits per heavy atom. The molecule has 1 aromatic carbocycles. The number of rotatable bonds is 3. The van der Waals surface area contributed by atoms with Crippen LogP contribution in [0.15, 0.2) is 18.2 Å². The molecule has 6 heteroatoms.